The molecular weight excluding hydrogens is 302 g/mol. The largest absolute Gasteiger partial charge is 0.465 e. The molecule has 0 radical (unpaired) electrons. The molecule has 0 heterocycles. The van der Waals surface area contributed by atoms with Gasteiger partial charge in [-0.3, -0.25) is 14.9 Å². The summed E-state index contributed by atoms with van der Waals surface area (Å²) in [6.07, 6.45) is 0.0653. The number of benzene rings is 1. The molecule has 2 atom stereocenters. The van der Waals surface area contributed by atoms with Gasteiger partial charge in [-0.2, -0.15) is 0 Å². The third kappa shape index (κ3) is 4.10. The molecule has 1 aromatic rings. The van der Waals surface area contributed by atoms with Crippen LogP contribution in [0, 0.1) is 10.1 Å². The first-order valence-corrected chi connectivity index (χ1v) is 6.47. The fraction of sp³-hybridized carbons (Fsp3) is 0.417. The monoisotopic (exact) mass is 315 g/mol. The lowest BCUT2D eigenvalue weighted by Crippen LogP contribution is -2.23. The summed E-state index contributed by atoms with van der Waals surface area (Å²) in [7, 11) is 0. The third-order valence-electron chi connectivity index (χ3n) is 2.41. The first-order chi connectivity index (χ1) is 8.56. The van der Waals surface area contributed by atoms with Gasteiger partial charge in [0.25, 0.3) is 0 Å². The number of hydrogen-bond donors (Lipinski definition) is 0. The van der Waals surface area contributed by atoms with Crippen molar-refractivity contribution in [2.45, 2.75) is 24.2 Å². The molecule has 0 aliphatic heterocycles. The van der Waals surface area contributed by atoms with Crippen LogP contribution in [0.25, 0.3) is 0 Å². The van der Waals surface area contributed by atoms with Crippen LogP contribution in [-0.2, 0) is 9.53 Å². The van der Waals surface area contributed by atoms with Crippen LogP contribution in [0.1, 0.15) is 24.9 Å². The molecule has 0 amide bonds. The maximum atomic E-state index is 11.4. The zero-order valence-electron chi connectivity index (χ0n) is 9.91. The van der Waals surface area contributed by atoms with Crippen molar-refractivity contribution >= 4 is 21.9 Å². The summed E-state index contributed by atoms with van der Waals surface area (Å²) in [5, 5.41) is 11.0. The van der Waals surface area contributed by atoms with E-state index in [1.165, 1.54) is 0 Å². The Morgan fingerprint density at radius 2 is 2.06 bits per heavy atom. The van der Waals surface area contributed by atoms with Crippen molar-refractivity contribution in [2.75, 3.05) is 6.61 Å². The molecule has 0 N–H and O–H groups in total. The van der Waals surface area contributed by atoms with E-state index in [1.54, 1.807) is 37.3 Å². The minimum Gasteiger partial charge on any atom is -0.465 e. The summed E-state index contributed by atoms with van der Waals surface area (Å²) in [6, 6.07) is 7.70. The maximum absolute atomic E-state index is 11.4. The summed E-state index contributed by atoms with van der Waals surface area (Å²) >= 11 is 3.13. The molecule has 0 fully saturated rings. The second kappa shape index (κ2) is 7.10. The standard InChI is InChI=1S/C12H14BrNO4/c1-2-18-12(15)10(13)8-11(14(16)17)9-6-4-3-5-7-9/h3-7,10-11H,2,8H2,1H3. The molecule has 0 bridgehead atoms. The summed E-state index contributed by atoms with van der Waals surface area (Å²) in [4.78, 5) is 21.4. The van der Waals surface area contributed by atoms with E-state index in [0.29, 0.717) is 5.56 Å². The van der Waals surface area contributed by atoms with Gasteiger partial charge in [-0.25, -0.2) is 0 Å². The van der Waals surface area contributed by atoms with Crippen LogP contribution in [0.15, 0.2) is 30.3 Å². The SMILES string of the molecule is CCOC(=O)C(Br)CC(c1ccccc1)[N+](=O)[O-]. The van der Waals surface area contributed by atoms with E-state index in [-0.39, 0.29) is 18.0 Å². The summed E-state index contributed by atoms with van der Waals surface area (Å²) in [6.45, 7) is 1.95. The van der Waals surface area contributed by atoms with Gasteiger partial charge in [0.2, 0.25) is 6.04 Å². The number of alkyl halides is 1. The van der Waals surface area contributed by atoms with E-state index in [9.17, 15) is 14.9 Å². The van der Waals surface area contributed by atoms with Crippen LogP contribution in [0.4, 0.5) is 0 Å². The molecule has 0 aliphatic rings. The zero-order chi connectivity index (χ0) is 13.5. The Kier molecular flexibility index (Phi) is 5.77. The molecule has 1 rings (SSSR count). The molecule has 0 spiro atoms. The van der Waals surface area contributed by atoms with E-state index in [2.05, 4.69) is 15.9 Å². The number of esters is 1. The van der Waals surface area contributed by atoms with Crippen molar-refractivity contribution in [2.24, 2.45) is 0 Å². The molecule has 1 aromatic carbocycles. The molecule has 0 saturated heterocycles. The Bertz CT molecular complexity index is 410. The molecule has 2 unspecified atom stereocenters. The number of halogens is 1. The Balaban J connectivity index is 2.76. The predicted octanol–water partition coefficient (Wildman–Crippen LogP) is 2.72. The fourth-order valence-electron chi connectivity index (χ4n) is 1.54. The summed E-state index contributed by atoms with van der Waals surface area (Å²) < 4.78 is 4.81. The summed E-state index contributed by atoms with van der Waals surface area (Å²) in [5.74, 6) is -0.472. The van der Waals surface area contributed by atoms with Gasteiger partial charge in [0.15, 0.2) is 0 Å². The molecule has 18 heavy (non-hydrogen) atoms. The number of rotatable bonds is 6. The quantitative estimate of drug-likeness (QED) is 0.350. The smallest absolute Gasteiger partial charge is 0.319 e. The van der Waals surface area contributed by atoms with Gasteiger partial charge in [0.1, 0.15) is 4.83 Å². The van der Waals surface area contributed by atoms with Gasteiger partial charge in [-0.15, -0.1) is 0 Å². The average Bonchev–Trinajstić information content (AvgIpc) is 2.36. The van der Waals surface area contributed by atoms with Gasteiger partial charge in [-0.1, -0.05) is 46.3 Å². The van der Waals surface area contributed by atoms with Crippen molar-refractivity contribution in [3.05, 3.63) is 46.0 Å². The van der Waals surface area contributed by atoms with E-state index in [4.69, 9.17) is 4.74 Å². The van der Waals surface area contributed by atoms with Gasteiger partial charge in [0.05, 0.1) is 6.61 Å². The van der Waals surface area contributed by atoms with Crippen molar-refractivity contribution in [1.29, 1.82) is 0 Å². The lowest BCUT2D eigenvalue weighted by Gasteiger charge is -2.13. The van der Waals surface area contributed by atoms with Crippen LogP contribution >= 0.6 is 15.9 Å². The Morgan fingerprint density at radius 3 is 2.56 bits per heavy atom. The molecule has 6 heteroatoms. The number of ether oxygens (including phenoxy) is 1. The van der Waals surface area contributed by atoms with E-state index >= 15 is 0 Å². The predicted molar refractivity (Wildman–Crippen MR) is 70.1 cm³/mol. The molecule has 0 aromatic heterocycles. The molecule has 5 nitrogen and oxygen atoms in total. The Hall–Kier alpha value is -1.43. The highest BCUT2D eigenvalue weighted by molar-refractivity contribution is 9.10. The molecule has 0 saturated carbocycles. The molecule has 98 valence electrons. The van der Waals surface area contributed by atoms with Crippen molar-refractivity contribution in [1.82, 2.24) is 0 Å². The van der Waals surface area contributed by atoms with E-state index in [1.807, 2.05) is 0 Å². The first-order valence-electron chi connectivity index (χ1n) is 5.55. The lowest BCUT2D eigenvalue weighted by atomic mass is 10.0. The van der Waals surface area contributed by atoms with Crippen molar-refractivity contribution in [3.63, 3.8) is 0 Å². The zero-order valence-corrected chi connectivity index (χ0v) is 11.5. The number of carbonyl (C=O) groups excluding carboxylic acids is 1. The van der Waals surface area contributed by atoms with Gasteiger partial charge >= 0.3 is 5.97 Å². The molecule has 0 aliphatic carbocycles. The Labute approximate surface area is 113 Å². The first kappa shape index (κ1) is 14.6. The van der Waals surface area contributed by atoms with Crippen LogP contribution in [-0.4, -0.2) is 22.3 Å². The average molecular weight is 316 g/mol. The highest BCUT2D eigenvalue weighted by Gasteiger charge is 2.29. The maximum Gasteiger partial charge on any atom is 0.319 e. The number of carbonyl (C=O) groups is 1. The molecular formula is C12H14BrNO4. The van der Waals surface area contributed by atoms with Gasteiger partial charge in [0, 0.05) is 16.9 Å². The number of hydrogen-bond acceptors (Lipinski definition) is 4. The van der Waals surface area contributed by atoms with Crippen LogP contribution < -0.4 is 0 Å². The van der Waals surface area contributed by atoms with E-state index in [0.717, 1.165) is 0 Å². The second-order valence-electron chi connectivity index (χ2n) is 3.67. The fourth-order valence-corrected chi connectivity index (χ4v) is 2.03. The topological polar surface area (TPSA) is 69.4 Å². The minimum atomic E-state index is -0.917. The summed E-state index contributed by atoms with van der Waals surface area (Å²) in [5.41, 5.74) is 0.580. The highest BCUT2D eigenvalue weighted by atomic mass is 79.9. The Morgan fingerprint density at radius 1 is 1.44 bits per heavy atom. The van der Waals surface area contributed by atoms with Crippen LogP contribution in [0.5, 0.6) is 0 Å². The van der Waals surface area contributed by atoms with Gasteiger partial charge in [-0.05, 0) is 6.92 Å². The van der Waals surface area contributed by atoms with Gasteiger partial charge < -0.3 is 4.74 Å². The number of nitrogens with zero attached hydrogens (tertiary/aromatic N) is 1. The highest BCUT2D eigenvalue weighted by Crippen LogP contribution is 2.25. The number of nitro groups is 1. The van der Waals surface area contributed by atoms with Crippen molar-refractivity contribution in [3.8, 4) is 0 Å². The van der Waals surface area contributed by atoms with Crippen LogP contribution in [0.2, 0.25) is 0 Å². The van der Waals surface area contributed by atoms with Crippen molar-refractivity contribution < 1.29 is 14.5 Å². The van der Waals surface area contributed by atoms with E-state index < -0.39 is 16.8 Å². The second-order valence-corrected chi connectivity index (χ2v) is 4.77. The minimum absolute atomic E-state index is 0.0653. The lowest BCUT2D eigenvalue weighted by molar-refractivity contribution is -0.529. The normalized spacial score (nSPS) is 13.7. The third-order valence-corrected chi connectivity index (χ3v) is 3.16. The van der Waals surface area contributed by atoms with Crippen LogP contribution in [0.3, 0.4) is 0 Å².